The maximum atomic E-state index is 10.9. The molecule has 2 N–H and O–H groups in total. The van der Waals surface area contributed by atoms with E-state index in [0.29, 0.717) is 18.9 Å². The monoisotopic (exact) mass is 252 g/mol. The summed E-state index contributed by atoms with van der Waals surface area (Å²) in [5.74, 6) is 0.455. The lowest BCUT2D eigenvalue weighted by atomic mass is 10.4. The number of hydrogen-bond donors (Lipinski definition) is 2. The average Bonchev–Trinajstić information content (AvgIpc) is 2.89. The zero-order chi connectivity index (χ0) is 13.2. The molecule has 0 saturated carbocycles. The van der Waals surface area contributed by atoms with E-state index in [0.717, 1.165) is 13.1 Å². The smallest absolute Gasteiger partial charge is 0.307 e. The van der Waals surface area contributed by atoms with E-state index < -0.39 is 0 Å². The van der Waals surface area contributed by atoms with E-state index in [1.807, 2.05) is 24.5 Å². The topological polar surface area (TPSA) is 67.7 Å². The summed E-state index contributed by atoms with van der Waals surface area (Å²) in [6.45, 7) is 2.15. The maximum absolute atomic E-state index is 10.9. The average molecular weight is 252 g/mol. The number of nitrogens with zero attached hydrogens (tertiary/aromatic N) is 2. The third kappa shape index (κ3) is 5.38. The normalized spacial score (nSPS) is 11.1. The molecule has 0 aliphatic heterocycles. The Morgan fingerprint density at radius 2 is 1.94 bits per heavy atom. The van der Waals surface area contributed by atoms with Crippen LogP contribution in [0.4, 0.5) is 0 Å². The van der Waals surface area contributed by atoms with Gasteiger partial charge >= 0.3 is 5.97 Å². The van der Waals surface area contributed by atoms with Crippen LogP contribution in [0.25, 0.3) is 0 Å². The summed E-state index contributed by atoms with van der Waals surface area (Å²) in [5, 5.41) is 6.21. The molecule has 6 heteroatoms. The van der Waals surface area contributed by atoms with E-state index in [9.17, 15) is 4.79 Å². The number of rotatable bonds is 6. The van der Waals surface area contributed by atoms with E-state index in [4.69, 9.17) is 0 Å². The van der Waals surface area contributed by atoms with Crippen molar-refractivity contribution in [2.24, 2.45) is 4.99 Å². The van der Waals surface area contributed by atoms with Crippen LogP contribution in [0, 0.1) is 0 Å². The molecule has 0 unspecified atom stereocenters. The van der Waals surface area contributed by atoms with Crippen molar-refractivity contribution in [2.75, 3.05) is 27.2 Å². The number of hydrogen-bond acceptors (Lipinski definition) is 3. The minimum absolute atomic E-state index is 0.231. The number of carbonyl (C=O) groups is 1. The van der Waals surface area contributed by atoms with Gasteiger partial charge in [-0.05, 0) is 12.1 Å². The van der Waals surface area contributed by atoms with Crippen molar-refractivity contribution < 1.29 is 9.53 Å². The lowest BCUT2D eigenvalue weighted by molar-refractivity contribution is -0.140. The zero-order valence-electron chi connectivity index (χ0n) is 10.8. The van der Waals surface area contributed by atoms with Gasteiger partial charge in [-0.2, -0.15) is 0 Å². The first-order chi connectivity index (χ1) is 8.76. The minimum atomic E-state index is -0.231. The molecular weight excluding hydrogens is 232 g/mol. The summed E-state index contributed by atoms with van der Waals surface area (Å²) >= 11 is 0. The highest BCUT2D eigenvalue weighted by Crippen LogP contribution is 1.88. The molecule has 0 fully saturated rings. The molecule has 0 bridgehead atoms. The highest BCUT2D eigenvalue weighted by molar-refractivity contribution is 5.80. The number of aromatic nitrogens is 1. The van der Waals surface area contributed by atoms with Crippen LogP contribution in [0.3, 0.4) is 0 Å². The summed E-state index contributed by atoms with van der Waals surface area (Å²) in [5.41, 5.74) is 0. The Labute approximate surface area is 107 Å². The van der Waals surface area contributed by atoms with Crippen molar-refractivity contribution in [1.29, 1.82) is 0 Å². The summed E-state index contributed by atoms with van der Waals surface area (Å²) in [4.78, 5) is 15.0. The maximum Gasteiger partial charge on any atom is 0.307 e. The van der Waals surface area contributed by atoms with Gasteiger partial charge in [0.1, 0.15) is 0 Å². The van der Waals surface area contributed by atoms with Crippen LogP contribution in [0.15, 0.2) is 29.5 Å². The first-order valence-corrected chi connectivity index (χ1v) is 5.88. The van der Waals surface area contributed by atoms with E-state index in [1.165, 1.54) is 7.11 Å². The Morgan fingerprint density at radius 3 is 2.56 bits per heavy atom. The van der Waals surface area contributed by atoms with Gasteiger partial charge in [-0.1, -0.05) is 0 Å². The lowest BCUT2D eigenvalue weighted by Gasteiger charge is -2.11. The van der Waals surface area contributed by atoms with Crippen LogP contribution >= 0.6 is 0 Å². The summed E-state index contributed by atoms with van der Waals surface area (Å²) in [6.07, 6.45) is 4.35. The Morgan fingerprint density at radius 1 is 1.28 bits per heavy atom. The third-order valence-electron chi connectivity index (χ3n) is 2.40. The summed E-state index contributed by atoms with van der Waals surface area (Å²) in [6, 6.07) is 3.98. The highest BCUT2D eigenvalue weighted by atomic mass is 16.5. The number of esters is 1. The zero-order valence-corrected chi connectivity index (χ0v) is 10.8. The van der Waals surface area contributed by atoms with Crippen LogP contribution in [0.5, 0.6) is 0 Å². The van der Waals surface area contributed by atoms with Crippen molar-refractivity contribution in [3.63, 3.8) is 0 Å². The Bertz CT molecular complexity index is 373. The van der Waals surface area contributed by atoms with Crippen LogP contribution in [0.2, 0.25) is 0 Å². The fourth-order valence-electron chi connectivity index (χ4n) is 1.43. The Balaban J connectivity index is 2.16. The van der Waals surface area contributed by atoms with E-state index in [1.54, 1.807) is 7.05 Å². The van der Waals surface area contributed by atoms with E-state index >= 15 is 0 Å². The number of carbonyl (C=O) groups excluding carboxylic acids is 1. The van der Waals surface area contributed by atoms with Gasteiger partial charge in [0, 0.05) is 39.1 Å². The van der Waals surface area contributed by atoms with Crippen molar-refractivity contribution >= 4 is 11.9 Å². The highest BCUT2D eigenvalue weighted by Gasteiger charge is 2.01. The fourth-order valence-corrected chi connectivity index (χ4v) is 1.43. The number of ether oxygens (including phenoxy) is 1. The van der Waals surface area contributed by atoms with Crippen LogP contribution < -0.4 is 10.6 Å². The number of aliphatic imine (C=N–C) groups is 1. The van der Waals surface area contributed by atoms with Crippen LogP contribution in [0.1, 0.15) is 6.42 Å². The lowest BCUT2D eigenvalue weighted by Crippen LogP contribution is -2.39. The third-order valence-corrected chi connectivity index (χ3v) is 2.40. The van der Waals surface area contributed by atoms with Gasteiger partial charge in [-0.3, -0.25) is 9.79 Å². The first-order valence-electron chi connectivity index (χ1n) is 5.88. The quantitative estimate of drug-likeness (QED) is 0.432. The second kappa shape index (κ2) is 8.16. The van der Waals surface area contributed by atoms with Crippen molar-refractivity contribution in [3.8, 4) is 0 Å². The number of nitrogens with one attached hydrogen (secondary N) is 2. The van der Waals surface area contributed by atoms with Crippen LogP contribution in [-0.2, 0) is 16.1 Å². The van der Waals surface area contributed by atoms with Crippen molar-refractivity contribution in [2.45, 2.75) is 13.0 Å². The van der Waals surface area contributed by atoms with Gasteiger partial charge < -0.3 is 19.9 Å². The predicted octanol–water partition coefficient (Wildman–Crippen LogP) is 0.216. The molecule has 0 amide bonds. The van der Waals surface area contributed by atoms with Gasteiger partial charge in [0.15, 0.2) is 5.96 Å². The van der Waals surface area contributed by atoms with Crippen molar-refractivity contribution in [3.05, 3.63) is 24.5 Å². The molecular formula is C12H20N4O2. The Hall–Kier alpha value is -1.98. The standard InChI is InChI=1S/C12H20N4O2/c1-13-12(14-6-5-11(17)18-2)15-7-10-16-8-3-4-9-16/h3-4,8-9H,5-7,10H2,1-2H3,(H2,13,14,15). The number of methoxy groups -OCH3 is 1. The van der Waals surface area contributed by atoms with Gasteiger partial charge in [0.05, 0.1) is 13.5 Å². The Kier molecular flexibility index (Phi) is 6.38. The first kappa shape index (κ1) is 14.1. The SMILES string of the molecule is CN=C(NCCC(=O)OC)NCCn1cccc1. The van der Waals surface area contributed by atoms with Gasteiger partial charge in [0.25, 0.3) is 0 Å². The van der Waals surface area contributed by atoms with E-state index in [2.05, 4.69) is 24.9 Å². The van der Waals surface area contributed by atoms with Gasteiger partial charge in [-0.15, -0.1) is 0 Å². The fraction of sp³-hybridized carbons (Fsp3) is 0.500. The molecule has 100 valence electrons. The molecule has 0 radical (unpaired) electrons. The molecule has 0 aromatic carbocycles. The van der Waals surface area contributed by atoms with E-state index in [-0.39, 0.29) is 5.97 Å². The molecule has 0 spiro atoms. The largest absolute Gasteiger partial charge is 0.469 e. The molecule has 1 heterocycles. The molecule has 1 aromatic heterocycles. The summed E-state index contributed by atoms with van der Waals surface area (Å²) in [7, 11) is 3.08. The number of guanidine groups is 1. The molecule has 18 heavy (non-hydrogen) atoms. The molecule has 0 aliphatic carbocycles. The summed E-state index contributed by atoms with van der Waals surface area (Å²) < 4.78 is 6.63. The van der Waals surface area contributed by atoms with Crippen LogP contribution in [-0.4, -0.2) is 43.7 Å². The second-order valence-corrected chi connectivity index (χ2v) is 3.67. The molecule has 1 aromatic rings. The van der Waals surface area contributed by atoms with Gasteiger partial charge in [-0.25, -0.2) is 0 Å². The minimum Gasteiger partial charge on any atom is -0.469 e. The molecule has 1 rings (SSSR count). The molecule has 0 atom stereocenters. The van der Waals surface area contributed by atoms with Gasteiger partial charge in [0.2, 0.25) is 0 Å². The second-order valence-electron chi connectivity index (χ2n) is 3.67. The molecule has 0 saturated heterocycles. The molecule has 0 aliphatic rings. The predicted molar refractivity (Wildman–Crippen MR) is 70.4 cm³/mol. The molecule has 6 nitrogen and oxygen atoms in total. The van der Waals surface area contributed by atoms with Crippen molar-refractivity contribution in [1.82, 2.24) is 15.2 Å².